The molecule has 166 valence electrons. The second-order valence-electron chi connectivity index (χ2n) is 5.97. The van der Waals surface area contributed by atoms with Gasteiger partial charge < -0.3 is 14.3 Å². The van der Waals surface area contributed by atoms with Crippen molar-refractivity contribution in [3.63, 3.8) is 0 Å². The number of benzene rings is 1. The third-order valence-corrected chi connectivity index (χ3v) is 3.67. The van der Waals surface area contributed by atoms with Crippen LogP contribution in [0.25, 0.3) is 11.4 Å². The Bertz CT molecular complexity index is 1030. The zero-order chi connectivity index (χ0) is 22.6. The fraction of sp³-hybridized carbons (Fsp3) is 0.294. The van der Waals surface area contributed by atoms with Gasteiger partial charge in [-0.3, -0.25) is 9.53 Å². The van der Waals surface area contributed by atoms with E-state index < -0.39 is 30.9 Å². The lowest BCUT2D eigenvalue weighted by molar-refractivity contribution is -0.323. The van der Waals surface area contributed by atoms with Gasteiger partial charge in [0.1, 0.15) is 6.26 Å². The highest BCUT2D eigenvalue weighted by molar-refractivity contribution is 5.91. The van der Waals surface area contributed by atoms with Gasteiger partial charge in [0.2, 0.25) is 5.82 Å². The summed E-state index contributed by atoms with van der Waals surface area (Å²) in [4.78, 5) is 19.1. The average molecular weight is 450 g/mol. The number of halogens is 6. The van der Waals surface area contributed by atoms with Crippen molar-refractivity contribution in [1.29, 1.82) is 0 Å². The number of hydrogen-bond donors (Lipinski definition) is 1. The van der Waals surface area contributed by atoms with E-state index in [1.54, 1.807) is 12.1 Å². The van der Waals surface area contributed by atoms with Crippen molar-refractivity contribution in [2.24, 2.45) is 0 Å². The number of nitrogens with one attached hydrogen (secondary N) is 1. The number of oxazole rings is 1. The van der Waals surface area contributed by atoms with Crippen LogP contribution < -0.4 is 5.32 Å². The second kappa shape index (κ2) is 8.75. The third-order valence-electron chi connectivity index (χ3n) is 3.67. The number of hydrogen-bond acceptors (Lipinski definition) is 7. The minimum absolute atomic E-state index is 0.134. The largest absolute Gasteiger partial charge is 0.522 e. The third kappa shape index (κ3) is 6.28. The van der Waals surface area contributed by atoms with Crippen molar-refractivity contribution in [3.8, 4) is 11.4 Å². The molecule has 2 heterocycles. The molecule has 0 aliphatic heterocycles. The lowest BCUT2D eigenvalue weighted by atomic mass is 10.1. The van der Waals surface area contributed by atoms with E-state index in [0.717, 1.165) is 6.26 Å². The van der Waals surface area contributed by atoms with E-state index in [2.05, 4.69) is 29.7 Å². The number of amides is 1. The zero-order valence-electron chi connectivity index (χ0n) is 15.3. The van der Waals surface area contributed by atoms with Crippen LogP contribution in [0.4, 0.5) is 26.3 Å². The molecule has 0 aliphatic carbocycles. The molecule has 0 bridgehead atoms. The molecule has 0 saturated carbocycles. The number of carbonyl (C=O) groups excluding carboxylic acids is 1. The maximum atomic E-state index is 12.5. The van der Waals surface area contributed by atoms with Gasteiger partial charge in [0.25, 0.3) is 5.91 Å². The molecule has 0 fully saturated rings. The number of nitrogens with zero attached hydrogens (tertiary/aromatic N) is 3. The molecule has 8 nitrogen and oxygen atoms in total. The van der Waals surface area contributed by atoms with Crippen LogP contribution in [-0.4, -0.2) is 40.5 Å². The predicted molar refractivity (Wildman–Crippen MR) is 88.4 cm³/mol. The summed E-state index contributed by atoms with van der Waals surface area (Å²) in [5, 5.41) is 5.48. The molecule has 1 N–H and O–H groups in total. The highest BCUT2D eigenvalue weighted by atomic mass is 19.4. The minimum Gasteiger partial charge on any atom is -0.448 e. The molecule has 3 rings (SSSR count). The number of ether oxygens (including phenoxy) is 1. The van der Waals surface area contributed by atoms with Crippen LogP contribution in [0.1, 0.15) is 27.8 Å². The van der Waals surface area contributed by atoms with Crippen molar-refractivity contribution in [1.82, 2.24) is 20.4 Å². The highest BCUT2D eigenvalue weighted by Crippen LogP contribution is 2.29. The molecule has 0 saturated heterocycles. The fourth-order valence-electron chi connectivity index (χ4n) is 2.32. The Morgan fingerprint density at radius 1 is 1.06 bits per heavy atom. The van der Waals surface area contributed by atoms with Gasteiger partial charge in [-0.05, 0) is 5.56 Å². The molecule has 3 aromatic rings. The molecule has 0 aliphatic rings. The summed E-state index contributed by atoms with van der Waals surface area (Å²) in [5.74, 6) is -2.29. The molecule has 0 unspecified atom stereocenters. The van der Waals surface area contributed by atoms with Crippen LogP contribution in [0.5, 0.6) is 0 Å². The van der Waals surface area contributed by atoms with Crippen molar-refractivity contribution < 1.29 is 44.8 Å². The van der Waals surface area contributed by atoms with Crippen LogP contribution in [0.15, 0.2) is 39.5 Å². The van der Waals surface area contributed by atoms with Crippen LogP contribution in [0.2, 0.25) is 0 Å². The summed E-state index contributed by atoms with van der Waals surface area (Å²) < 4.78 is 86.0. The quantitative estimate of drug-likeness (QED) is 0.433. The second-order valence-corrected chi connectivity index (χ2v) is 5.97. The SMILES string of the molecule is O=C(NCCOC(F)(F)F)c1coc(Cc2ccc(-c3noc(C(F)(F)F)n3)cc2)n1. The smallest absolute Gasteiger partial charge is 0.448 e. The fourth-order valence-corrected chi connectivity index (χ4v) is 2.32. The van der Waals surface area contributed by atoms with E-state index in [1.165, 1.54) is 12.1 Å². The first-order valence-electron chi connectivity index (χ1n) is 8.45. The first-order chi connectivity index (χ1) is 14.5. The lowest BCUT2D eigenvalue weighted by Gasteiger charge is -2.07. The first-order valence-corrected chi connectivity index (χ1v) is 8.45. The standard InChI is InChI=1S/C17H12F6N4O4/c18-16(19,20)15-26-13(27-31-15)10-3-1-9(2-4-10)7-12-25-11(8-29-12)14(28)24-5-6-30-17(21,22)23/h1-4,8H,5-7H2,(H,24,28). The Morgan fingerprint density at radius 3 is 2.39 bits per heavy atom. The van der Waals surface area contributed by atoms with Crippen LogP contribution in [0, 0.1) is 0 Å². The Labute approximate surface area is 169 Å². The van der Waals surface area contributed by atoms with E-state index in [9.17, 15) is 31.1 Å². The van der Waals surface area contributed by atoms with Crippen LogP contribution in [0.3, 0.4) is 0 Å². The van der Waals surface area contributed by atoms with Gasteiger partial charge in [-0.2, -0.15) is 18.2 Å². The minimum atomic E-state index is -4.79. The van der Waals surface area contributed by atoms with E-state index in [1.807, 2.05) is 0 Å². The summed E-state index contributed by atoms with van der Waals surface area (Å²) in [6.45, 7) is -1.13. The molecule has 14 heteroatoms. The molecule has 0 radical (unpaired) electrons. The molecule has 0 atom stereocenters. The summed E-state index contributed by atoms with van der Waals surface area (Å²) in [6.07, 6.45) is -8.34. The number of aromatic nitrogens is 3. The maximum absolute atomic E-state index is 12.5. The van der Waals surface area contributed by atoms with Gasteiger partial charge in [-0.15, -0.1) is 13.2 Å². The predicted octanol–water partition coefficient (Wildman–Crippen LogP) is 3.60. The van der Waals surface area contributed by atoms with Gasteiger partial charge in [0.05, 0.1) is 6.61 Å². The summed E-state index contributed by atoms with van der Waals surface area (Å²) in [5.41, 5.74) is 0.803. The van der Waals surface area contributed by atoms with Gasteiger partial charge in [-0.25, -0.2) is 4.98 Å². The molecular weight excluding hydrogens is 438 g/mol. The van der Waals surface area contributed by atoms with Crippen molar-refractivity contribution in [3.05, 3.63) is 53.6 Å². The van der Waals surface area contributed by atoms with Crippen LogP contribution >= 0.6 is 0 Å². The first kappa shape index (κ1) is 22.3. The number of alkyl halides is 6. The lowest BCUT2D eigenvalue weighted by Crippen LogP contribution is -2.29. The van der Waals surface area contributed by atoms with E-state index in [-0.39, 0.29) is 35.9 Å². The molecular formula is C17H12F6N4O4. The molecule has 0 spiro atoms. The normalized spacial score (nSPS) is 12.2. The van der Waals surface area contributed by atoms with Crippen molar-refractivity contribution >= 4 is 5.91 Å². The summed E-state index contributed by atoms with van der Waals surface area (Å²) in [6, 6.07) is 6.07. The van der Waals surface area contributed by atoms with Gasteiger partial charge in [-0.1, -0.05) is 29.4 Å². The van der Waals surface area contributed by atoms with Crippen molar-refractivity contribution in [2.45, 2.75) is 19.0 Å². The summed E-state index contributed by atoms with van der Waals surface area (Å²) >= 11 is 0. The Kier molecular flexibility index (Phi) is 6.29. The maximum Gasteiger partial charge on any atom is 0.522 e. The van der Waals surface area contributed by atoms with Gasteiger partial charge >= 0.3 is 18.4 Å². The Morgan fingerprint density at radius 2 is 1.77 bits per heavy atom. The summed E-state index contributed by atoms with van der Waals surface area (Å²) in [7, 11) is 0. The van der Waals surface area contributed by atoms with Gasteiger partial charge in [0.15, 0.2) is 11.6 Å². The highest BCUT2D eigenvalue weighted by Gasteiger charge is 2.38. The topological polar surface area (TPSA) is 103 Å². The number of rotatable bonds is 7. The van der Waals surface area contributed by atoms with E-state index in [0.29, 0.717) is 5.56 Å². The zero-order valence-corrected chi connectivity index (χ0v) is 15.3. The average Bonchev–Trinajstić information content (AvgIpc) is 3.34. The van der Waals surface area contributed by atoms with Gasteiger partial charge in [0, 0.05) is 18.5 Å². The Hall–Kier alpha value is -3.42. The van der Waals surface area contributed by atoms with Crippen molar-refractivity contribution in [2.75, 3.05) is 13.2 Å². The van der Waals surface area contributed by atoms with Crippen LogP contribution in [-0.2, 0) is 17.3 Å². The molecule has 2 aromatic heterocycles. The molecule has 1 aromatic carbocycles. The molecule has 31 heavy (non-hydrogen) atoms. The van der Waals surface area contributed by atoms with E-state index >= 15 is 0 Å². The number of carbonyl (C=O) groups is 1. The monoisotopic (exact) mass is 450 g/mol. The Balaban J connectivity index is 1.56. The van der Waals surface area contributed by atoms with E-state index in [4.69, 9.17) is 4.42 Å². The molecule has 1 amide bonds.